The molecule has 5 heteroatoms. The monoisotopic (exact) mass is 412 g/mol. The first-order valence-corrected chi connectivity index (χ1v) is 10.1. The third-order valence-corrected chi connectivity index (χ3v) is 5.06. The molecule has 0 aliphatic rings. The second-order valence-corrected chi connectivity index (χ2v) is 7.22. The minimum atomic E-state index is -0.163. The quantitative estimate of drug-likeness (QED) is 0.424. The minimum absolute atomic E-state index is 0.163. The number of aromatic nitrogens is 2. The van der Waals surface area contributed by atoms with Gasteiger partial charge in [0.25, 0.3) is 5.56 Å². The van der Waals surface area contributed by atoms with Crippen molar-refractivity contribution in [3.63, 3.8) is 0 Å². The van der Waals surface area contributed by atoms with E-state index in [1.165, 1.54) is 10.2 Å². The number of ether oxygens (including phenoxy) is 2. The molecule has 0 N–H and O–H groups in total. The van der Waals surface area contributed by atoms with Crippen LogP contribution in [0, 0.1) is 0 Å². The Morgan fingerprint density at radius 2 is 1.58 bits per heavy atom. The van der Waals surface area contributed by atoms with Gasteiger partial charge in [0, 0.05) is 31.4 Å². The van der Waals surface area contributed by atoms with Crippen LogP contribution in [0.1, 0.15) is 5.56 Å². The summed E-state index contributed by atoms with van der Waals surface area (Å²) in [6, 6.07) is 27.1. The molecular weight excluding hydrogens is 388 g/mol. The van der Waals surface area contributed by atoms with Crippen LogP contribution in [0.25, 0.3) is 22.4 Å². The highest BCUT2D eigenvalue weighted by atomic mass is 16.5. The maximum absolute atomic E-state index is 12.4. The highest BCUT2D eigenvalue weighted by molar-refractivity contribution is 5.83. The summed E-state index contributed by atoms with van der Waals surface area (Å²) >= 11 is 0. The van der Waals surface area contributed by atoms with Crippen molar-refractivity contribution in [3.8, 4) is 33.9 Å². The van der Waals surface area contributed by atoms with Crippen LogP contribution in [0.2, 0.25) is 0 Å². The molecule has 156 valence electrons. The number of para-hydroxylation sites is 2. The second kappa shape index (κ2) is 9.41. The van der Waals surface area contributed by atoms with E-state index >= 15 is 0 Å². The molecule has 0 aliphatic carbocycles. The molecule has 4 rings (SSSR count). The van der Waals surface area contributed by atoms with E-state index in [2.05, 4.69) is 17.2 Å². The predicted molar refractivity (Wildman–Crippen MR) is 122 cm³/mol. The molecule has 0 fully saturated rings. The average molecular weight is 412 g/mol. The molecule has 4 aromatic rings. The van der Waals surface area contributed by atoms with Crippen LogP contribution in [0.4, 0.5) is 0 Å². The van der Waals surface area contributed by atoms with Crippen molar-refractivity contribution in [2.75, 3.05) is 13.7 Å². The van der Waals surface area contributed by atoms with Crippen LogP contribution in [0.15, 0.2) is 89.7 Å². The van der Waals surface area contributed by atoms with E-state index in [9.17, 15) is 4.79 Å². The van der Waals surface area contributed by atoms with Gasteiger partial charge >= 0.3 is 0 Å². The molecular formula is C26H24N2O3. The first kappa shape index (κ1) is 20.6. The average Bonchev–Trinajstić information content (AvgIpc) is 2.81. The van der Waals surface area contributed by atoms with Crippen molar-refractivity contribution in [1.82, 2.24) is 9.78 Å². The molecule has 31 heavy (non-hydrogen) atoms. The van der Waals surface area contributed by atoms with Gasteiger partial charge in [-0.05, 0) is 41.8 Å². The van der Waals surface area contributed by atoms with Crippen LogP contribution in [-0.2, 0) is 18.2 Å². The summed E-state index contributed by atoms with van der Waals surface area (Å²) in [5.74, 6) is 1.42. The Balaban J connectivity index is 1.80. The molecule has 5 nitrogen and oxygen atoms in total. The van der Waals surface area contributed by atoms with Gasteiger partial charge in [-0.25, -0.2) is 4.68 Å². The first-order valence-electron chi connectivity index (χ1n) is 10.1. The van der Waals surface area contributed by atoms with Crippen molar-refractivity contribution < 1.29 is 9.47 Å². The largest absolute Gasteiger partial charge is 0.457 e. The van der Waals surface area contributed by atoms with Gasteiger partial charge in [0.15, 0.2) is 0 Å². The molecule has 0 amide bonds. The van der Waals surface area contributed by atoms with Crippen LogP contribution < -0.4 is 10.3 Å². The highest BCUT2D eigenvalue weighted by Crippen LogP contribution is 2.37. The second-order valence-electron chi connectivity index (χ2n) is 7.22. The summed E-state index contributed by atoms with van der Waals surface area (Å²) < 4.78 is 12.7. The number of rotatable bonds is 7. The fourth-order valence-electron chi connectivity index (χ4n) is 3.40. The highest BCUT2D eigenvalue weighted by Gasteiger charge is 2.16. The molecule has 0 bridgehead atoms. The molecule has 0 saturated heterocycles. The number of hydrogen-bond acceptors (Lipinski definition) is 4. The van der Waals surface area contributed by atoms with E-state index in [4.69, 9.17) is 9.47 Å². The Morgan fingerprint density at radius 1 is 0.871 bits per heavy atom. The Hall–Kier alpha value is -3.70. The topological polar surface area (TPSA) is 53.4 Å². The van der Waals surface area contributed by atoms with E-state index in [1.54, 1.807) is 20.2 Å². The molecule has 0 atom stereocenters. The summed E-state index contributed by atoms with van der Waals surface area (Å²) in [5.41, 5.74) is 4.22. The number of benzene rings is 3. The van der Waals surface area contributed by atoms with Gasteiger partial charge < -0.3 is 9.47 Å². The third kappa shape index (κ3) is 4.73. The van der Waals surface area contributed by atoms with Gasteiger partial charge in [0.2, 0.25) is 0 Å². The molecule has 1 aromatic heterocycles. The lowest BCUT2D eigenvalue weighted by Crippen LogP contribution is -2.19. The van der Waals surface area contributed by atoms with E-state index in [-0.39, 0.29) is 5.56 Å². The Bertz CT molecular complexity index is 1220. The van der Waals surface area contributed by atoms with Crippen molar-refractivity contribution in [3.05, 3.63) is 101 Å². The van der Waals surface area contributed by atoms with Crippen molar-refractivity contribution in [2.24, 2.45) is 7.05 Å². The van der Waals surface area contributed by atoms with Gasteiger partial charge in [-0.15, -0.1) is 0 Å². The SMILES string of the molecule is COCCc1ccc(-c2cc(=O)n(C)nc2-c2ccccc2Oc2ccccc2)cc1. The molecule has 1 heterocycles. The normalized spacial score (nSPS) is 10.8. The smallest absolute Gasteiger partial charge is 0.267 e. The summed E-state index contributed by atoms with van der Waals surface area (Å²) in [6.45, 7) is 0.669. The zero-order valence-corrected chi connectivity index (χ0v) is 17.6. The van der Waals surface area contributed by atoms with E-state index in [1.807, 2.05) is 66.7 Å². The van der Waals surface area contributed by atoms with E-state index in [0.29, 0.717) is 18.1 Å². The van der Waals surface area contributed by atoms with Crippen LogP contribution in [0.3, 0.4) is 0 Å². The van der Waals surface area contributed by atoms with Crippen LogP contribution >= 0.6 is 0 Å². The van der Waals surface area contributed by atoms with Crippen molar-refractivity contribution in [1.29, 1.82) is 0 Å². The summed E-state index contributed by atoms with van der Waals surface area (Å²) in [4.78, 5) is 12.4. The summed E-state index contributed by atoms with van der Waals surface area (Å²) in [5, 5.41) is 4.60. The number of hydrogen-bond donors (Lipinski definition) is 0. The lowest BCUT2D eigenvalue weighted by molar-refractivity contribution is 0.202. The van der Waals surface area contributed by atoms with Gasteiger partial charge in [-0.2, -0.15) is 5.10 Å². The Labute approximate surface area is 181 Å². The van der Waals surface area contributed by atoms with Crippen molar-refractivity contribution in [2.45, 2.75) is 6.42 Å². The summed E-state index contributed by atoms with van der Waals surface area (Å²) in [6.07, 6.45) is 0.839. The van der Waals surface area contributed by atoms with Crippen LogP contribution in [0.5, 0.6) is 11.5 Å². The fraction of sp³-hybridized carbons (Fsp3) is 0.154. The van der Waals surface area contributed by atoms with E-state index in [0.717, 1.165) is 28.9 Å². The Kier molecular flexibility index (Phi) is 6.24. The number of nitrogens with zero attached hydrogens (tertiary/aromatic N) is 2. The summed E-state index contributed by atoms with van der Waals surface area (Å²) in [7, 11) is 3.35. The standard InChI is InChI=1S/C26H24N2O3/c1-28-25(29)18-23(20-14-12-19(13-15-20)16-17-30-2)26(27-28)22-10-6-7-11-24(22)31-21-8-4-3-5-9-21/h3-15,18H,16-17H2,1-2H3. The molecule has 0 aliphatic heterocycles. The fourth-order valence-corrected chi connectivity index (χ4v) is 3.40. The molecule has 0 radical (unpaired) electrons. The maximum atomic E-state index is 12.4. The van der Waals surface area contributed by atoms with Crippen molar-refractivity contribution >= 4 is 0 Å². The lowest BCUT2D eigenvalue weighted by atomic mass is 9.98. The van der Waals surface area contributed by atoms with E-state index < -0.39 is 0 Å². The van der Waals surface area contributed by atoms with Gasteiger partial charge in [0.05, 0.1) is 6.61 Å². The third-order valence-electron chi connectivity index (χ3n) is 5.06. The van der Waals surface area contributed by atoms with Gasteiger partial charge in [0.1, 0.15) is 17.2 Å². The lowest BCUT2D eigenvalue weighted by Gasteiger charge is -2.15. The first-order chi connectivity index (χ1) is 15.2. The van der Waals surface area contributed by atoms with Gasteiger partial charge in [-0.3, -0.25) is 4.79 Å². The maximum Gasteiger partial charge on any atom is 0.267 e. The molecule has 0 spiro atoms. The Morgan fingerprint density at radius 3 is 2.32 bits per heavy atom. The zero-order valence-electron chi connectivity index (χ0n) is 17.6. The zero-order chi connectivity index (χ0) is 21.6. The van der Waals surface area contributed by atoms with Crippen LogP contribution in [-0.4, -0.2) is 23.5 Å². The predicted octanol–water partition coefficient (Wildman–Crippen LogP) is 5.10. The number of methoxy groups -OCH3 is 1. The minimum Gasteiger partial charge on any atom is -0.457 e. The molecule has 0 saturated carbocycles. The van der Waals surface area contributed by atoms with Gasteiger partial charge in [-0.1, -0.05) is 54.6 Å². The molecule has 0 unspecified atom stereocenters. The molecule has 3 aromatic carbocycles. The number of aryl methyl sites for hydroxylation is 1.